The molecule has 3 heterocycles. The standard InChI is InChI=1S/C20H24ClN5O10S2/c1-8(2)16(10-6-11(27)13(29)7-25(10)31)35-24-14(15-17(21)37-19(22)23-15)12(28)5-9-18(30)26(20(9,3)4)36-38(32,33)34/h6-9,16,29,31H,5H2,1-4H3,(H2,22,23)(H,32,33,34)/b24-14+/t9-,16+/m1/s1. The first-order chi connectivity index (χ1) is 17.4. The molecule has 0 bridgehead atoms. The number of hydrogen-bond donors (Lipinski definition) is 4. The first-order valence-corrected chi connectivity index (χ1v) is 13.3. The number of nitrogens with two attached hydrogens (primary N) is 1. The van der Waals surface area contributed by atoms with Crippen molar-refractivity contribution in [2.45, 2.75) is 45.8 Å². The third kappa shape index (κ3) is 5.91. The molecule has 2 aromatic heterocycles. The number of aromatic hydroxyl groups is 1. The van der Waals surface area contributed by atoms with Crippen LogP contribution in [0.15, 0.2) is 22.2 Å². The van der Waals surface area contributed by atoms with Gasteiger partial charge in [0.05, 0.1) is 17.7 Å². The Morgan fingerprint density at radius 1 is 1.37 bits per heavy atom. The molecule has 38 heavy (non-hydrogen) atoms. The maximum atomic E-state index is 13.4. The highest BCUT2D eigenvalue weighted by Gasteiger charge is 2.57. The van der Waals surface area contributed by atoms with E-state index in [1.807, 2.05) is 0 Å². The van der Waals surface area contributed by atoms with Crippen LogP contribution >= 0.6 is 22.9 Å². The van der Waals surface area contributed by atoms with E-state index in [2.05, 4.69) is 14.4 Å². The van der Waals surface area contributed by atoms with Gasteiger partial charge in [-0.15, -0.1) is 4.28 Å². The molecule has 0 unspecified atom stereocenters. The Morgan fingerprint density at radius 2 is 2.00 bits per heavy atom. The molecule has 1 amide bonds. The molecule has 2 atom stereocenters. The number of nitrogen functional groups attached to an aromatic ring is 1. The molecule has 0 spiro atoms. The number of amides is 1. The van der Waals surface area contributed by atoms with Gasteiger partial charge in [0.25, 0.3) is 5.91 Å². The van der Waals surface area contributed by atoms with Crippen LogP contribution < -0.4 is 11.2 Å². The smallest absolute Gasteiger partial charge is 0.418 e. The SMILES string of the molecule is CC(C)[C@H](O/N=C(\C(=O)C[C@@H]1C(=O)N(OS(=O)(=O)O)C1(C)C)c1nc(N)sc1Cl)c1cc(=O)c(O)cn1O. The number of pyridine rings is 1. The summed E-state index contributed by atoms with van der Waals surface area (Å²) in [6.07, 6.45) is -0.843. The second kappa shape index (κ2) is 10.5. The van der Waals surface area contributed by atoms with E-state index in [1.54, 1.807) is 13.8 Å². The van der Waals surface area contributed by atoms with Gasteiger partial charge >= 0.3 is 10.4 Å². The molecule has 208 valence electrons. The van der Waals surface area contributed by atoms with Crippen LogP contribution in [0.1, 0.15) is 51.6 Å². The number of β-lactam (4-membered cyclic amide) rings is 1. The Bertz CT molecular complexity index is 1470. The van der Waals surface area contributed by atoms with E-state index in [9.17, 15) is 33.1 Å². The number of halogens is 1. The molecule has 2 aromatic rings. The maximum absolute atomic E-state index is 13.4. The minimum Gasteiger partial charge on any atom is -0.503 e. The normalized spacial score (nSPS) is 18.4. The number of hydrogen-bond acceptors (Lipinski definition) is 13. The highest BCUT2D eigenvalue weighted by Crippen LogP contribution is 2.41. The lowest BCUT2D eigenvalue weighted by molar-refractivity contribution is -0.228. The monoisotopic (exact) mass is 593 g/mol. The van der Waals surface area contributed by atoms with Crippen LogP contribution in [0.5, 0.6) is 5.75 Å². The number of aromatic nitrogens is 2. The summed E-state index contributed by atoms with van der Waals surface area (Å²) in [5, 5.41) is 24.1. The van der Waals surface area contributed by atoms with Gasteiger partial charge in [0.1, 0.15) is 15.7 Å². The van der Waals surface area contributed by atoms with Gasteiger partial charge in [-0.25, -0.2) is 4.98 Å². The van der Waals surface area contributed by atoms with E-state index in [0.717, 1.165) is 23.6 Å². The van der Waals surface area contributed by atoms with Crippen molar-refractivity contribution >= 4 is 55.9 Å². The second-order valence-electron chi connectivity index (χ2n) is 9.15. The van der Waals surface area contributed by atoms with Crippen molar-refractivity contribution in [3.63, 3.8) is 0 Å². The van der Waals surface area contributed by atoms with Crippen LogP contribution in [-0.2, 0) is 29.1 Å². The van der Waals surface area contributed by atoms with E-state index < -0.39 is 68.9 Å². The molecular formula is C20H24ClN5O10S2. The van der Waals surface area contributed by atoms with Crippen LogP contribution in [0.3, 0.4) is 0 Å². The maximum Gasteiger partial charge on any atom is 0.418 e. The van der Waals surface area contributed by atoms with Crippen LogP contribution in [0.4, 0.5) is 5.13 Å². The molecule has 1 saturated heterocycles. The number of carbonyl (C=O) groups excluding carboxylic acids is 2. The minimum absolute atomic E-state index is 0.00131. The number of anilines is 1. The lowest BCUT2D eigenvalue weighted by Gasteiger charge is -2.50. The fourth-order valence-electron chi connectivity index (χ4n) is 3.71. The number of nitrogens with zero attached hydrogens (tertiary/aromatic N) is 4. The molecule has 15 nitrogen and oxygen atoms in total. The van der Waals surface area contributed by atoms with Gasteiger partial charge in [-0.2, -0.15) is 18.2 Å². The van der Waals surface area contributed by atoms with E-state index >= 15 is 0 Å². The fraction of sp³-hybridized carbons (Fsp3) is 0.450. The summed E-state index contributed by atoms with van der Waals surface area (Å²) in [6.45, 7) is 6.18. The third-order valence-electron chi connectivity index (χ3n) is 5.72. The number of ketones is 1. The molecule has 1 aliphatic rings. The molecule has 0 radical (unpaired) electrons. The van der Waals surface area contributed by atoms with Crippen molar-refractivity contribution in [3.05, 3.63) is 38.2 Å². The Balaban J connectivity index is 1.96. The van der Waals surface area contributed by atoms with Crippen molar-refractivity contribution < 1.29 is 42.0 Å². The summed E-state index contributed by atoms with van der Waals surface area (Å²) >= 11 is 7.04. The fourth-order valence-corrected chi connectivity index (χ4v) is 5.09. The van der Waals surface area contributed by atoms with Crippen LogP contribution in [0.2, 0.25) is 4.34 Å². The van der Waals surface area contributed by atoms with E-state index in [0.29, 0.717) is 9.79 Å². The molecule has 0 saturated carbocycles. The van der Waals surface area contributed by atoms with E-state index in [1.165, 1.54) is 13.8 Å². The average Bonchev–Trinajstić information content (AvgIpc) is 3.12. The van der Waals surface area contributed by atoms with Gasteiger partial charge in [-0.05, 0) is 19.8 Å². The highest BCUT2D eigenvalue weighted by atomic mass is 35.5. The van der Waals surface area contributed by atoms with Gasteiger partial charge in [0.15, 0.2) is 28.5 Å². The van der Waals surface area contributed by atoms with E-state index in [4.69, 9.17) is 26.7 Å². The Hall–Kier alpha value is -3.25. The molecule has 18 heteroatoms. The van der Waals surface area contributed by atoms with Crippen molar-refractivity contribution in [3.8, 4) is 5.75 Å². The highest BCUT2D eigenvalue weighted by molar-refractivity contribution is 7.80. The summed E-state index contributed by atoms with van der Waals surface area (Å²) in [5.74, 6) is -3.89. The summed E-state index contributed by atoms with van der Waals surface area (Å²) in [6, 6.07) is 0.935. The second-order valence-corrected chi connectivity index (χ2v) is 11.8. The third-order valence-corrected chi connectivity index (χ3v) is 7.14. The molecular weight excluding hydrogens is 570 g/mol. The van der Waals surface area contributed by atoms with Gasteiger partial charge in [0, 0.05) is 12.5 Å². The van der Waals surface area contributed by atoms with Gasteiger partial charge < -0.3 is 20.9 Å². The first-order valence-electron chi connectivity index (χ1n) is 10.8. The summed E-state index contributed by atoms with van der Waals surface area (Å²) < 4.78 is 35.8. The van der Waals surface area contributed by atoms with Crippen molar-refractivity contribution in [1.29, 1.82) is 0 Å². The largest absolute Gasteiger partial charge is 0.503 e. The average molecular weight is 594 g/mol. The van der Waals surface area contributed by atoms with Gasteiger partial charge in [-0.3, -0.25) is 18.9 Å². The number of rotatable bonds is 10. The summed E-state index contributed by atoms with van der Waals surface area (Å²) in [5.41, 5.74) is 2.92. The minimum atomic E-state index is -4.99. The Morgan fingerprint density at radius 3 is 2.50 bits per heavy atom. The lowest BCUT2D eigenvalue weighted by Crippen LogP contribution is -2.68. The van der Waals surface area contributed by atoms with Crippen LogP contribution in [-0.4, -0.2) is 61.0 Å². The Kier molecular flexibility index (Phi) is 8.09. The predicted octanol–water partition coefficient (Wildman–Crippen LogP) is 1.53. The molecule has 1 aliphatic heterocycles. The zero-order valence-electron chi connectivity index (χ0n) is 20.4. The van der Waals surface area contributed by atoms with Crippen molar-refractivity contribution in [2.75, 3.05) is 5.73 Å². The Labute approximate surface area is 224 Å². The van der Waals surface area contributed by atoms with Crippen molar-refractivity contribution in [2.24, 2.45) is 17.0 Å². The van der Waals surface area contributed by atoms with E-state index in [-0.39, 0.29) is 20.9 Å². The number of hydroxylamine groups is 2. The number of Topliss-reactive ketones (excluding diaryl/α,β-unsaturated/α-hetero) is 1. The molecule has 1 fully saturated rings. The summed E-state index contributed by atoms with van der Waals surface area (Å²) in [7, 11) is -4.99. The molecule has 0 aromatic carbocycles. The number of thiazole rings is 1. The number of carbonyl (C=O) groups is 2. The lowest BCUT2D eigenvalue weighted by atomic mass is 9.74. The zero-order chi connectivity index (χ0) is 28.7. The predicted molar refractivity (Wildman–Crippen MR) is 133 cm³/mol. The van der Waals surface area contributed by atoms with Crippen molar-refractivity contribution in [1.82, 2.24) is 14.8 Å². The molecule has 3 rings (SSSR count). The van der Waals surface area contributed by atoms with Gasteiger partial charge in [-0.1, -0.05) is 41.9 Å². The zero-order valence-corrected chi connectivity index (χ0v) is 22.7. The topological polar surface area (TPSA) is 224 Å². The first kappa shape index (κ1) is 29.3. The molecule has 0 aliphatic carbocycles. The summed E-state index contributed by atoms with van der Waals surface area (Å²) in [4.78, 5) is 47.4. The van der Waals surface area contributed by atoms with Crippen LogP contribution in [0, 0.1) is 11.8 Å². The van der Waals surface area contributed by atoms with Gasteiger partial charge in [0.2, 0.25) is 5.43 Å². The molecule has 5 N–H and O–H groups in total. The van der Waals surface area contributed by atoms with Crippen LogP contribution in [0.25, 0.3) is 0 Å². The number of oxime groups is 1. The quantitative estimate of drug-likeness (QED) is 0.101.